The molecule has 0 heterocycles. The molecule has 0 aliphatic rings. The Kier molecular flexibility index (Phi) is 9.59. The van der Waals surface area contributed by atoms with Crippen LogP contribution in [0.5, 0.6) is 0 Å². The van der Waals surface area contributed by atoms with Crippen LogP contribution in [-0.2, 0) is 27.8 Å². The normalized spacial score (nSPS) is 12.5. The van der Waals surface area contributed by atoms with Gasteiger partial charge in [0.15, 0.2) is 0 Å². The number of sulfonamides is 1. The molecule has 0 fully saturated rings. The number of halogens is 2. The SMILES string of the molecule is Cc1cc(C)c(S(=O)(=O)N(CC(=O)N[C@H](C)CCc2ccccc2)Cc2ccc(Cl)c(Cl)c2)c(C)c1. The van der Waals surface area contributed by atoms with Crippen LogP contribution in [0.15, 0.2) is 65.6 Å². The van der Waals surface area contributed by atoms with Crippen molar-refractivity contribution < 1.29 is 13.2 Å². The molecule has 8 heteroatoms. The number of nitrogens with zero attached hydrogens (tertiary/aromatic N) is 1. The number of rotatable bonds is 10. The van der Waals surface area contributed by atoms with Crippen LogP contribution in [0.25, 0.3) is 0 Å². The quantitative estimate of drug-likeness (QED) is 0.327. The van der Waals surface area contributed by atoms with E-state index in [-0.39, 0.29) is 29.9 Å². The lowest BCUT2D eigenvalue weighted by Crippen LogP contribution is -2.43. The van der Waals surface area contributed by atoms with Crippen LogP contribution in [0.4, 0.5) is 0 Å². The van der Waals surface area contributed by atoms with Gasteiger partial charge in [0.2, 0.25) is 15.9 Å². The molecule has 0 saturated carbocycles. The molecule has 1 atom stereocenters. The summed E-state index contributed by atoms with van der Waals surface area (Å²) in [5.41, 5.74) is 4.09. The van der Waals surface area contributed by atoms with Gasteiger partial charge in [-0.15, -0.1) is 0 Å². The van der Waals surface area contributed by atoms with E-state index < -0.39 is 10.0 Å². The molecular formula is C28H32Cl2N2O3S. The van der Waals surface area contributed by atoms with Crippen LogP contribution in [0, 0.1) is 20.8 Å². The van der Waals surface area contributed by atoms with Gasteiger partial charge in [0, 0.05) is 12.6 Å². The van der Waals surface area contributed by atoms with E-state index in [0.29, 0.717) is 26.7 Å². The molecule has 3 aromatic carbocycles. The number of carbonyl (C=O) groups excluding carboxylic acids is 1. The Morgan fingerprint density at radius 2 is 1.56 bits per heavy atom. The molecule has 5 nitrogen and oxygen atoms in total. The zero-order chi connectivity index (χ0) is 26.5. The van der Waals surface area contributed by atoms with E-state index in [1.165, 1.54) is 9.87 Å². The molecule has 0 aliphatic carbocycles. The van der Waals surface area contributed by atoms with Crippen molar-refractivity contribution in [3.63, 3.8) is 0 Å². The van der Waals surface area contributed by atoms with Crippen molar-refractivity contribution in [1.82, 2.24) is 9.62 Å². The minimum absolute atomic E-state index is 0.0161. The van der Waals surface area contributed by atoms with Gasteiger partial charge >= 0.3 is 0 Å². The zero-order valence-electron chi connectivity index (χ0n) is 21.0. The molecule has 0 aromatic heterocycles. The maximum atomic E-state index is 13.9. The lowest BCUT2D eigenvalue weighted by Gasteiger charge is -2.25. The molecule has 0 saturated heterocycles. The standard InChI is InChI=1S/C28H32Cl2N2O3S/c1-19-14-20(2)28(21(3)15-19)36(34,35)32(17-24-12-13-25(29)26(30)16-24)18-27(33)31-22(4)10-11-23-8-6-5-7-9-23/h5-9,12-16,22H,10-11,17-18H2,1-4H3,(H,31,33)/t22-/m1/s1. The Morgan fingerprint density at radius 1 is 0.917 bits per heavy atom. The van der Waals surface area contributed by atoms with Crippen LogP contribution in [-0.4, -0.2) is 31.2 Å². The number of amides is 1. The largest absolute Gasteiger partial charge is 0.352 e. The number of benzene rings is 3. The van der Waals surface area contributed by atoms with Gasteiger partial charge in [0.25, 0.3) is 0 Å². The van der Waals surface area contributed by atoms with Crippen LogP contribution in [0.2, 0.25) is 10.0 Å². The number of carbonyl (C=O) groups is 1. The topological polar surface area (TPSA) is 66.5 Å². The fourth-order valence-electron chi connectivity index (χ4n) is 4.35. The van der Waals surface area contributed by atoms with E-state index >= 15 is 0 Å². The maximum Gasteiger partial charge on any atom is 0.244 e. The third-order valence-corrected chi connectivity index (χ3v) is 8.82. The molecule has 36 heavy (non-hydrogen) atoms. The molecule has 0 aliphatic heterocycles. The first-order valence-corrected chi connectivity index (χ1v) is 14.0. The van der Waals surface area contributed by atoms with Gasteiger partial charge in [-0.1, -0.05) is 77.3 Å². The summed E-state index contributed by atoms with van der Waals surface area (Å²) >= 11 is 12.2. The maximum absolute atomic E-state index is 13.9. The number of hydrogen-bond donors (Lipinski definition) is 1. The van der Waals surface area contributed by atoms with Crippen LogP contribution < -0.4 is 5.32 Å². The lowest BCUT2D eigenvalue weighted by atomic mass is 10.1. The van der Waals surface area contributed by atoms with Gasteiger partial charge in [-0.3, -0.25) is 4.79 Å². The van der Waals surface area contributed by atoms with Crippen molar-refractivity contribution in [1.29, 1.82) is 0 Å². The smallest absolute Gasteiger partial charge is 0.244 e. The molecule has 1 N–H and O–H groups in total. The molecule has 0 radical (unpaired) electrons. The Bertz CT molecular complexity index is 1300. The third-order valence-electron chi connectivity index (χ3n) is 5.98. The fraction of sp³-hybridized carbons (Fsp3) is 0.321. The van der Waals surface area contributed by atoms with Crippen molar-refractivity contribution in [2.75, 3.05) is 6.54 Å². The number of hydrogen-bond acceptors (Lipinski definition) is 3. The average Bonchev–Trinajstić information content (AvgIpc) is 2.79. The van der Waals surface area contributed by atoms with Gasteiger partial charge in [-0.05, 0) is 74.9 Å². The highest BCUT2D eigenvalue weighted by Gasteiger charge is 2.30. The van der Waals surface area contributed by atoms with Gasteiger partial charge in [-0.2, -0.15) is 4.31 Å². The summed E-state index contributed by atoms with van der Waals surface area (Å²) in [5.74, 6) is -0.360. The molecule has 0 spiro atoms. The Labute approximate surface area is 224 Å². The van der Waals surface area contributed by atoms with Crippen LogP contribution in [0.1, 0.15) is 41.2 Å². The summed E-state index contributed by atoms with van der Waals surface area (Å²) < 4.78 is 28.9. The summed E-state index contributed by atoms with van der Waals surface area (Å²) in [6.07, 6.45) is 1.56. The van der Waals surface area contributed by atoms with Gasteiger partial charge in [0.1, 0.15) is 0 Å². The van der Waals surface area contributed by atoms with E-state index in [0.717, 1.165) is 18.4 Å². The van der Waals surface area contributed by atoms with Crippen molar-refractivity contribution in [2.24, 2.45) is 0 Å². The molecule has 192 valence electrons. The lowest BCUT2D eigenvalue weighted by molar-refractivity contribution is -0.122. The Morgan fingerprint density at radius 3 is 2.17 bits per heavy atom. The van der Waals surface area contributed by atoms with Gasteiger partial charge in [-0.25, -0.2) is 8.42 Å². The van der Waals surface area contributed by atoms with E-state index in [1.807, 2.05) is 56.3 Å². The van der Waals surface area contributed by atoms with E-state index in [2.05, 4.69) is 5.32 Å². The summed E-state index contributed by atoms with van der Waals surface area (Å²) in [5, 5.41) is 3.66. The van der Waals surface area contributed by atoms with Crippen molar-refractivity contribution in [3.8, 4) is 0 Å². The minimum atomic E-state index is -3.99. The first-order chi connectivity index (χ1) is 17.0. The second-order valence-corrected chi connectivity index (χ2v) is 11.9. The predicted molar refractivity (Wildman–Crippen MR) is 147 cm³/mol. The Hall–Kier alpha value is -2.38. The molecule has 1 amide bonds. The van der Waals surface area contributed by atoms with E-state index in [1.54, 1.807) is 32.0 Å². The van der Waals surface area contributed by atoms with Crippen LogP contribution in [0.3, 0.4) is 0 Å². The number of nitrogens with one attached hydrogen (secondary N) is 1. The second kappa shape index (κ2) is 12.2. The number of aryl methyl sites for hydroxylation is 4. The van der Waals surface area contributed by atoms with Gasteiger partial charge in [0.05, 0.1) is 21.5 Å². The van der Waals surface area contributed by atoms with E-state index in [4.69, 9.17) is 23.2 Å². The average molecular weight is 548 g/mol. The summed E-state index contributed by atoms with van der Waals surface area (Å²) in [6.45, 7) is 7.07. The predicted octanol–water partition coefficient (Wildman–Crippen LogP) is 6.25. The molecule has 3 aromatic rings. The first kappa shape index (κ1) is 28.2. The zero-order valence-corrected chi connectivity index (χ0v) is 23.3. The van der Waals surface area contributed by atoms with Crippen molar-refractivity contribution in [3.05, 3.63) is 98.5 Å². The highest BCUT2D eigenvalue weighted by atomic mass is 35.5. The van der Waals surface area contributed by atoms with E-state index in [9.17, 15) is 13.2 Å². The highest BCUT2D eigenvalue weighted by molar-refractivity contribution is 7.89. The summed E-state index contributed by atoms with van der Waals surface area (Å²) in [6, 6.07) is 18.6. The summed E-state index contributed by atoms with van der Waals surface area (Å²) in [7, 11) is -3.99. The monoisotopic (exact) mass is 546 g/mol. The van der Waals surface area contributed by atoms with Crippen molar-refractivity contribution >= 4 is 39.1 Å². The fourth-order valence-corrected chi connectivity index (χ4v) is 6.47. The van der Waals surface area contributed by atoms with Gasteiger partial charge < -0.3 is 5.32 Å². The first-order valence-electron chi connectivity index (χ1n) is 11.8. The second-order valence-electron chi connectivity index (χ2n) is 9.24. The van der Waals surface area contributed by atoms with Crippen LogP contribution >= 0.6 is 23.2 Å². The Balaban J connectivity index is 1.83. The minimum Gasteiger partial charge on any atom is -0.352 e. The summed E-state index contributed by atoms with van der Waals surface area (Å²) in [4.78, 5) is 13.2. The molecule has 3 rings (SSSR count). The molecule has 0 unspecified atom stereocenters. The molecule has 0 bridgehead atoms. The third kappa shape index (κ3) is 7.32. The highest BCUT2D eigenvalue weighted by Crippen LogP contribution is 2.28. The van der Waals surface area contributed by atoms with Crippen molar-refractivity contribution in [2.45, 2.75) is 58.0 Å². The molecular weight excluding hydrogens is 515 g/mol.